The van der Waals surface area contributed by atoms with Crippen LogP contribution >= 0.6 is 11.6 Å². The van der Waals surface area contributed by atoms with Crippen LogP contribution in [0.3, 0.4) is 0 Å². The van der Waals surface area contributed by atoms with Gasteiger partial charge in [0.25, 0.3) is 11.7 Å². The monoisotopic (exact) mass is 349 g/mol. The van der Waals surface area contributed by atoms with Gasteiger partial charge in [-0.1, -0.05) is 11.6 Å². The topological polar surface area (TPSA) is 55.2 Å². The second kappa shape index (κ2) is 6.02. The van der Waals surface area contributed by atoms with E-state index in [4.69, 9.17) is 11.6 Å². The van der Waals surface area contributed by atoms with Crippen LogP contribution in [0.1, 0.15) is 33.7 Å². The van der Waals surface area contributed by atoms with Crippen molar-refractivity contribution in [2.24, 2.45) is 7.05 Å². The molecule has 0 saturated carbocycles. The number of hydrogen-bond acceptors (Lipinski definition) is 3. The van der Waals surface area contributed by atoms with Gasteiger partial charge in [-0.25, -0.2) is 4.39 Å². The fourth-order valence-electron chi connectivity index (χ4n) is 3.19. The first-order valence-electron chi connectivity index (χ1n) is 7.65. The van der Waals surface area contributed by atoms with Gasteiger partial charge in [0.2, 0.25) is 0 Å². The molecule has 1 aromatic carbocycles. The summed E-state index contributed by atoms with van der Waals surface area (Å²) in [5.41, 5.74) is 2.18. The Bertz CT molecular complexity index is 860. The number of anilines is 1. The van der Waals surface area contributed by atoms with Gasteiger partial charge in [0.05, 0.1) is 16.9 Å². The lowest BCUT2D eigenvalue weighted by Gasteiger charge is -2.29. The van der Waals surface area contributed by atoms with E-state index in [1.165, 1.54) is 4.90 Å². The Morgan fingerprint density at radius 1 is 1.29 bits per heavy atom. The molecule has 3 rings (SSSR count). The maximum absolute atomic E-state index is 14.4. The number of halogens is 2. The fraction of sp³-hybridized carbons (Fsp3) is 0.353. The van der Waals surface area contributed by atoms with E-state index in [1.807, 2.05) is 0 Å². The van der Waals surface area contributed by atoms with Crippen LogP contribution in [0.2, 0.25) is 5.02 Å². The van der Waals surface area contributed by atoms with Crippen molar-refractivity contribution in [3.05, 3.63) is 45.5 Å². The summed E-state index contributed by atoms with van der Waals surface area (Å²) in [4.78, 5) is 26.7. The molecule has 126 valence electrons. The summed E-state index contributed by atoms with van der Waals surface area (Å²) in [7, 11) is 1.71. The number of carbonyl (C=O) groups excluding carboxylic acids is 2. The van der Waals surface area contributed by atoms with E-state index in [0.717, 1.165) is 6.07 Å². The third-order valence-electron chi connectivity index (χ3n) is 4.38. The summed E-state index contributed by atoms with van der Waals surface area (Å²) in [5, 5.41) is 4.45. The van der Waals surface area contributed by atoms with Crippen molar-refractivity contribution in [1.82, 2.24) is 9.78 Å². The molecular weight excluding hydrogens is 333 g/mol. The minimum absolute atomic E-state index is 0.156. The third kappa shape index (κ3) is 2.60. The molecule has 2 aromatic rings. The van der Waals surface area contributed by atoms with Gasteiger partial charge in [-0.05, 0) is 44.4 Å². The zero-order chi connectivity index (χ0) is 17.6. The molecule has 24 heavy (non-hydrogen) atoms. The molecule has 0 bridgehead atoms. The largest absolute Gasteiger partial charge is 0.302 e. The first-order valence-corrected chi connectivity index (χ1v) is 8.03. The Kier molecular flexibility index (Phi) is 4.17. The van der Waals surface area contributed by atoms with Crippen molar-refractivity contribution in [2.45, 2.75) is 26.7 Å². The van der Waals surface area contributed by atoms with Gasteiger partial charge in [0, 0.05) is 24.3 Å². The molecule has 0 atom stereocenters. The number of nitrogens with zero attached hydrogens (tertiary/aromatic N) is 3. The maximum Gasteiger partial charge on any atom is 0.299 e. The van der Waals surface area contributed by atoms with E-state index in [0.29, 0.717) is 36.3 Å². The van der Waals surface area contributed by atoms with E-state index in [2.05, 4.69) is 5.10 Å². The summed E-state index contributed by atoms with van der Waals surface area (Å²) < 4.78 is 15.9. The molecule has 1 amide bonds. The quantitative estimate of drug-likeness (QED) is 0.618. The van der Waals surface area contributed by atoms with E-state index >= 15 is 0 Å². The lowest BCUT2D eigenvalue weighted by atomic mass is 9.99. The van der Waals surface area contributed by atoms with Crippen LogP contribution in [-0.4, -0.2) is 28.0 Å². The number of rotatable bonds is 2. The molecule has 0 spiro atoms. The Hall–Kier alpha value is -2.21. The van der Waals surface area contributed by atoms with Crippen molar-refractivity contribution in [2.75, 3.05) is 11.4 Å². The molecule has 1 aliphatic rings. The fourth-order valence-corrected chi connectivity index (χ4v) is 3.41. The van der Waals surface area contributed by atoms with Gasteiger partial charge in [0.15, 0.2) is 0 Å². The lowest BCUT2D eigenvalue weighted by Crippen LogP contribution is -2.41. The maximum atomic E-state index is 14.4. The molecule has 0 unspecified atom stereocenters. The number of hydrogen-bond donors (Lipinski definition) is 0. The highest BCUT2D eigenvalue weighted by molar-refractivity contribution is 6.47. The number of carbonyl (C=O) groups is 2. The number of amides is 1. The van der Waals surface area contributed by atoms with Gasteiger partial charge >= 0.3 is 0 Å². The normalized spacial score (nSPS) is 13.8. The van der Waals surface area contributed by atoms with Crippen molar-refractivity contribution in [1.29, 1.82) is 0 Å². The standard InChI is InChI=1S/C17H17ClFN3O2/c1-9-14(10(2)21(3)20-9)16(23)17(24)22-6-4-5-11-7-12(18)8-13(19)15(11)22/h7-8H,4-6H2,1-3H3. The molecule has 0 saturated heterocycles. The predicted molar refractivity (Wildman–Crippen MR) is 89.1 cm³/mol. The van der Waals surface area contributed by atoms with E-state index in [-0.39, 0.29) is 16.3 Å². The Labute approximate surface area is 144 Å². The Balaban J connectivity index is 2.02. The number of ketones is 1. The lowest BCUT2D eigenvalue weighted by molar-refractivity contribution is -0.114. The Morgan fingerprint density at radius 3 is 2.62 bits per heavy atom. The van der Waals surface area contributed by atoms with Gasteiger partial charge in [-0.15, -0.1) is 0 Å². The second-order valence-electron chi connectivity index (χ2n) is 5.95. The predicted octanol–water partition coefficient (Wildman–Crippen LogP) is 2.99. The molecule has 0 N–H and O–H groups in total. The van der Waals surface area contributed by atoms with Gasteiger partial charge in [0.1, 0.15) is 5.82 Å². The van der Waals surface area contributed by atoms with Crippen LogP contribution < -0.4 is 4.90 Å². The van der Waals surface area contributed by atoms with Gasteiger partial charge < -0.3 is 4.90 Å². The van der Waals surface area contributed by atoms with E-state index in [9.17, 15) is 14.0 Å². The summed E-state index contributed by atoms with van der Waals surface area (Å²) in [5.74, 6) is -1.99. The highest BCUT2D eigenvalue weighted by Gasteiger charge is 2.33. The molecule has 5 nitrogen and oxygen atoms in total. The smallest absolute Gasteiger partial charge is 0.299 e. The molecule has 0 radical (unpaired) electrons. The highest BCUT2D eigenvalue weighted by atomic mass is 35.5. The number of Topliss-reactive ketones (excluding diaryl/α,β-unsaturated/α-hetero) is 1. The zero-order valence-electron chi connectivity index (χ0n) is 13.7. The minimum atomic E-state index is -0.739. The van der Waals surface area contributed by atoms with Crippen molar-refractivity contribution in [3.8, 4) is 0 Å². The van der Waals surface area contributed by atoms with Crippen molar-refractivity contribution < 1.29 is 14.0 Å². The summed E-state index contributed by atoms with van der Waals surface area (Å²) in [6.07, 6.45) is 1.27. The first kappa shape index (κ1) is 16.6. The zero-order valence-corrected chi connectivity index (χ0v) is 14.4. The average molecular weight is 350 g/mol. The molecule has 0 aliphatic carbocycles. The van der Waals surface area contributed by atoms with Crippen LogP contribution in [0.25, 0.3) is 0 Å². The van der Waals surface area contributed by atoms with E-state index in [1.54, 1.807) is 31.6 Å². The van der Waals surface area contributed by atoms with E-state index < -0.39 is 17.5 Å². The van der Waals surface area contributed by atoms with Gasteiger partial charge in [-0.3, -0.25) is 14.3 Å². The van der Waals surface area contributed by atoms with Crippen LogP contribution in [-0.2, 0) is 18.3 Å². The van der Waals surface area contributed by atoms with Crippen molar-refractivity contribution >= 4 is 29.0 Å². The first-order chi connectivity index (χ1) is 11.3. The molecular formula is C17H17ClFN3O2. The minimum Gasteiger partial charge on any atom is -0.302 e. The third-order valence-corrected chi connectivity index (χ3v) is 4.60. The van der Waals surface area contributed by atoms with Crippen molar-refractivity contribution in [3.63, 3.8) is 0 Å². The second-order valence-corrected chi connectivity index (χ2v) is 6.39. The average Bonchev–Trinajstić information content (AvgIpc) is 2.77. The number of aromatic nitrogens is 2. The molecule has 1 aliphatic heterocycles. The summed E-state index contributed by atoms with van der Waals surface area (Å²) >= 11 is 5.89. The molecule has 0 fully saturated rings. The highest BCUT2D eigenvalue weighted by Crippen LogP contribution is 2.33. The van der Waals surface area contributed by atoms with Crippen LogP contribution in [0, 0.1) is 19.7 Å². The molecule has 7 heteroatoms. The summed E-state index contributed by atoms with van der Waals surface area (Å²) in [6.45, 7) is 3.71. The molecule has 2 heterocycles. The van der Waals surface area contributed by atoms with Crippen LogP contribution in [0.5, 0.6) is 0 Å². The van der Waals surface area contributed by atoms with Crippen LogP contribution in [0.15, 0.2) is 12.1 Å². The summed E-state index contributed by atoms with van der Waals surface area (Å²) in [6, 6.07) is 2.81. The van der Waals surface area contributed by atoms with Crippen LogP contribution in [0.4, 0.5) is 10.1 Å². The van der Waals surface area contributed by atoms with Gasteiger partial charge in [-0.2, -0.15) is 5.10 Å². The molecule has 1 aromatic heterocycles. The number of fused-ring (bicyclic) bond motifs is 1. The SMILES string of the molecule is Cc1nn(C)c(C)c1C(=O)C(=O)N1CCCc2cc(Cl)cc(F)c21. The number of aryl methyl sites for hydroxylation is 3. The number of benzene rings is 1. The Morgan fingerprint density at radius 2 is 2.00 bits per heavy atom.